The molecule has 2 N–H and O–H groups in total. The summed E-state index contributed by atoms with van der Waals surface area (Å²) in [5.41, 5.74) is 4.54. The maximum Gasteiger partial charge on any atom is 0.171 e. The van der Waals surface area contributed by atoms with Crippen LogP contribution < -0.4 is 10.6 Å². The third-order valence-corrected chi connectivity index (χ3v) is 4.61. The number of anilines is 1. The first-order valence-corrected chi connectivity index (χ1v) is 9.26. The summed E-state index contributed by atoms with van der Waals surface area (Å²) in [6.45, 7) is 2.09. The van der Waals surface area contributed by atoms with Gasteiger partial charge < -0.3 is 10.6 Å². The van der Waals surface area contributed by atoms with E-state index < -0.39 is 0 Å². The van der Waals surface area contributed by atoms with Gasteiger partial charge in [0.05, 0.1) is 6.04 Å². The van der Waals surface area contributed by atoms with E-state index in [0.29, 0.717) is 5.11 Å². The summed E-state index contributed by atoms with van der Waals surface area (Å²) in [5, 5.41) is 7.29. The maximum absolute atomic E-state index is 5.54. The van der Waals surface area contributed by atoms with Gasteiger partial charge in [0.1, 0.15) is 0 Å². The molecule has 0 saturated heterocycles. The molecule has 3 aromatic rings. The van der Waals surface area contributed by atoms with Crippen molar-refractivity contribution in [2.45, 2.75) is 13.0 Å². The quantitative estimate of drug-likeness (QED) is 0.528. The summed E-state index contributed by atoms with van der Waals surface area (Å²) < 4.78 is 1.01. The Morgan fingerprint density at radius 3 is 2.24 bits per heavy atom. The van der Waals surface area contributed by atoms with Crippen LogP contribution in [0.4, 0.5) is 5.69 Å². The van der Waals surface area contributed by atoms with E-state index in [-0.39, 0.29) is 6.04 Å². The van der Waals surface area contributed by atoms with Crippen LogP contribution in [-0.2, 0) is 0 Å². The van der Waals surface area contributed by atoms with Gasteiger partial charge in [-0.25, -0.2) is 0 Å². The van der Waals surface area contributed by atoms with Gasteiger partial charge in [-0.15, -0.1) is 0 Å². The van der Waals surface area contributed by atoms with Crippen LogP contribution in [0.1, 0.15) is 22.7 Å². The van der Waals surface area contributed by atoms with Crippen LogP contribution in [0.15, 0.2) is 83.3 Å². The Labute approximate surface area is 162 Å². The minimum absolute atomic E-state index is 0.00560. The average Bonchev–Trinajstić information content (AvgIpc) is 2.61. The number of thiocarbonyl (C=S) groups is 1. The first kappa shape index (κ1) is 17.6. The molecule has 25 heavy (non-hydrogen) atoms. The highest BCUT2D eigenvalue weighted by Gasteiger charge is 2.15. The summed E-state index contributed by atoms with van der Waals surface area (Å²) in [5.74, 6) is 0. The second kappa shape index (κ2) is 8.28. The van der Waals surface area contributed by atoms with E-state index in [1.807, 2.05) is 42.5 Å². The lowest BCUT2D eigenvalue weighted by atomic mass is 9.98. The zero-order chi connectivity index (χ0) is 17.6. The molecule has 126 valence electrons. The topological polar surface area (TPSA) is 24.1 Å². The van der Waals surface area contributed by atoms with Crippen LogP contribution in [0, 0.1) is 6.92 Å². The van der Waals surface area contributed by atoms with E-state index in [1.165, 1.54) is 16.7 Å². The zero-order valence-electron chi connectivity index (χ0n) is 13.9. The Morgan fingerprint density at radius 2 is 1.56 bits per heavy atom. The van der Waals surface area contributed by atoms with Crippen molar-refractivity contribution in [2.24, 2.45) is 0 Å². The first-order chi connectivity index (χ1) is 12.1. The lowest BCUT2D eigenvalue weighted by Crippen LogP contribution is -2.33. The molecule has 0 unspecified atom stereocenters. The molecule has 0 saturated carbocycles. The number of aryl methyl sites for hydroxylation is 1. The molecule has 1 atom stereocenters. The molecular formula is C21H19BrN2S. The number of hydrogen-bond acceptors (Lipinski definition) is 1. The highest BCUT2D eigenvalue weighted by molar-refractivity contribution is 9.10. The van der Waals surface area contributed by atoms with Crippen molar-refractivity contribution in [3.8, 4) is 0 Å². The third-order valence-electron chi connectivity index (χ3n) is 3.90. The van der Waals surface area contributed by atoms with E-state index >= 15 is 0 Å². The van der Waals surface area contributed by atoms with Crippen LogP contribution >= 0.6 is 28.1 Å². The summed E-state index contributed by atoms with van der Waals surface area (Å²) in [6.07, 6.45) is 0. The number of benzene rings is 3. The largest absolute Gasteiger partial charge is 0.352 e. The van der Waals surface area contributed by atoms with Gasteiger partial charge in [-0.05, 0) is 48.5 Å². The molecule has 0 heterocycles. The van der Waals surface area contributed by atoms with Crippen molar-refractivity contribution < 1.29 is 0 Å². The molecule has 0 spiro atoms. The monoisotopic (exact) mass is 410 g/mol. The molecule has 0 aliphatic carbocycles. The Balaban J connectivity index is 1.82. The second-order valence-corrected chi connectivity index (χ2v) is 7.19. The van der Waals surface area contributed by atoms with Gasteiger partial charge in [0.15, 0.2) is 5.11 Å². The van der Waals surface area contributed by atoms with Gasteiger partial charge in [-0.2, -0.15) is 0 Å². The molecule has 0 amide bonds. The number of hydrogen-bond donors (Lipinski definition) is 2. The molecule has 0 aromatic heterocycles. The number of halogens is 1. The SMILES string of the molecule is Cc1ccc([C@@H](NC(=S)Nc2cccc(Br)c2)c2ccccc2)cc1. The molecule has 0 aliphatic rings. The third kappa shape index (κ3) is 4.91. The van der Waals surface area contributed by atoms with Crippen molar-refractivity contribution in [3.63, 3.8) is 0 Å². The second-order valence-electron chi connectivity index (χ2n) is 5.86. The minimum atomic E-state index is -0.00560. The summed E-state index contributed by atoms with van der Waals surface area (Å²) in [4.78, 5) is 0. The van der Waals surface area contributed by atoms with Crippen molar-refractivity contribution in [1.82, 2.24) is 5.32 Å². The average molecular weight is 411 g/mol. The Hall–Kier alpha value is -2.17. The van der Waals surface area contributed by atoms with Crippen molar-refractivity contribution >= 4 is 38.9 Å². The molecule has 3 rings (SSSR count). The Bertz CT molecular complexity index is 847. The highest BCUT2D eigenvalue weighted by Crippen LogP contribution is 2.23. The molecule has 0 radical (unpaired) electrons. The fraction of sp³-hybridized carbons (Fsp3) is 0.0952. The highest BCUT2D eigenvalue weighted by atomic mass is 79.9. The lowest BCUT2D eigenvalue weighted by Gasteiger charge is -2.22. The van der Waals surface area contributed by atoms with Crippen LogP contribution in [0.25, 0.3) is 0 Å². The van der Waals surface area contributed by atoms with Gasteiger partial charge in [-0.3, -0.25) is 0 Å². The summed E-state index contributed by atoms with van der Waals surface area (Å²) in [6, 6.07) is 26.8. The number of nitrogens with one attached hydrogen (secondary N) is 2. The lowest BCUT2D eigenvalue weighted by molar-refractivity contribution is 0.768. The first-order valence-electron chi connectivity index (χ1n) is 8.06. The van der Waals surface area contributed by atoms with E-state index in [2.05, 4.69) is 69.9 Å². The van der Waals surface area contributed by atoms with E-state index in [1.54, 1.807) is 0 Å². The summed E-state index contributed by atoms with van der Waals surface area (Å²) in [7, 11) is 0. The molecule has 0 aliphatic heterocycles. The standard InChI is InChI=1S/C21H19BrN2S/c1-15-10-12-17(13-11-15)20(16-6-3-2-4-7-16)24-21(25)23-19-9-5-8-18(22)14-19/h2-14,20H,1H3,(H2,23,24,25)/t20-/m0/s1. The van der Waals surface area contributed by atoms with Gasteiger partial charge >= 0.3 is 0 Å². The maximum atomic E-state index is 5.54. The van der Waals surface area contributed by atoms with E-state index in [4.69, 9.17) is 12.2 Å². The van der Waals surface area contributed by atoms with Crippen molar-refractivity contribution in [3.05, 3.63) is 100 Å². The molecule has 0 fully saturated rings. The Morgan fingerprint density at radius 1 is 0.880 bits per heavy atom. The fourth-order valence-corrected chi connectivity index (χ4v) is 3.26. The molecule has 0 bridgehead atoms. The van der Waals surface area contributed by atoms with E-state index in [9.17, 15) is 0 Å². The molecular weight excluding hydrogens is 392 g/mol. The van der Waals surface area contributed by atoms with Gasteiger partial charge in [-0.1, -0.05) is 82.2 Å². The molecule has 4 heteroatoms. The Kier molecular flexibility index (Phi) is 5.84. The molecule has 2 nitrogen and oxygen atoms in total. The predicted molar refractivity (Wildman–Crippen MR) is 113 cm³/mol. The van der Waals surface area contributed by atoms with Gasteiger partial charge in [0.25, 0.3) is 0 Å². The molecule has 3 aromatic carbocycles. The van der Waals surface area contributed by atoms with Gasteiger partial charge in [0, 0.05) is 10.2 Å². The minimum Gasteiger partial charge on any atom is -0.352 e. The van der Waals surface area contributed by atoms with Crippen LogP contribution in [0.3, 0.4) is 0 Å². The number of rotatable bonds is 4. The van der Waals surface area contributed by atoms with E-state index in [0.717, 1.165) is 10.2 Å². The smallest absolute Gasteiger partial charge is 0.171 e. The van der Waals surface area contributed by atoms with Crippen LogP contribution in [0.5, 0.6) is 0 Å². The van der Waals surface area contributed by atoms with Crippen LogP contribution in [0.2, 0.25) is 0 Å². The summed E-state index contributed by atoms with van der Waals surface area (Å²) >= 11 is 9.02. The normalized spacial score (nSPS) is 11.6. The van der Waals surface area contributed by atoms with Gasteiger partial charge in [0.2, 0.25) is 0 Å². The predicted octanol–water partition coefficient (Wildman–Crippen LogP) is 5.83. The van der Waals surface area contributed by atoms with Crippen molar-refractivity contribution in [2.75, 3.05) is 5.32 Å². The zero-order valence-corrected chi connectivity index (χ0v) is 16.3. The van der Waals surface area contributed by atoms with Crippen LogP contribution in [-0.4, -0.2) is 5.11 Å². The van der Waals surface area contributed by atoms with Crippen molar-refractivity contribution in [1.29, 1.82) is 0 Å². The fourth-order valence-electron chi connectivity index (χ4n) is 2.63.